The van der Waals surface area contributed by atoms with Crippen LogP contribution < -0.4 is 14.2 Å². The Labute approximate surface area is 241 Å². The first-order chi connectivity index (χ1) is 20.0. The van der Waals surface area contributed by atoms with Gasteiger partial charge in [-0.2, -0.15) is 0 Å². The van der Waals surface area contributed by atoms with Gasteiger partial charge < -0.3 is 29.0 Å². The van der Waals surface area contributed by atoms with Gasteiger partial charge in [0.2, 0.25) is 0 Å². The number of ether oxygens (including phenoxy) is 4. The first-order valence-electron chi connectivity index (χ1n) is 14.2. The van der Waals surface area contributed by atoms with Crippen LogP contribution >= 0.6 is 0 Å². The van der Waals surface area contributed by atoms with Crippen LogP contribution in [0.1, 0.15) is 43.4 Å². The summed E-state index contributed by atoms with van der Waals surface area (Å²) in [7, 11) is 1.53. The number of Topliss-reactive ketones (excluding diaryl/α,β-unsaturated/α-hetero) is 1. The van der Waals surface area contributed by atoms with Crippen molar-refractivity contribution in [2.24, 2.45) is 0 Å². The summed E-state index contributed by atoms with van der Waals surface area (Å²) < 4.78 is 22.4. The minimum absolute atomic E-state index is 0.0443. The molecule has 41 heavy (non-hydrogen) atoms. The Balaban J connectivity index is 1.67. The lowest BCUT2D eigenvalue weighted by molar-refractivity contribution is -0.140. The second-order valence-electron chi connectivity index (χ2n) is 10.0. The largest absolute Gasteiger partial charge is 0.507 e. The fraction of sp³-hybridized carbons (Fsp3) is 0.438. The van der Waals surface area contributed by atoms with Gasteiger partial charge in [0, 0.05) is 31.7 Å². The highest BCUT2D eigenvalue weighted by Crippen LogP contribution is 2.42. The number of aliphatic hydroxyl groups excluding tert-OH is 1. The molecule has 2 saturated heterocycles. The molecule has 1 N–H and O–H groups in total. The first kappa shape index (κ1) is 30.1. The molecule has 4 rings (SSSR count). The molecular weight excluding hydrogens is 524 g/mol. The summed E-state index contributed by atoms with van der Waals surface area (Å²) in [4.78, 5) is 30.7. The number of hydrogen-bond donors (Lipinski definition) is 1. The van der Waals surface area contributed by atoms with Crippen LogP contribution in [0.25, 0.3) is 5.76 Å². The summed E-state index contributed by atoms with van der Waals surface area (Å²) >= 11 is 0. The zero-order valence-corrected chi connectivity index (χ0v) is 24.0. The van der Waals surface area contributed by atoms with E-state index in [1.165, 1.54) is 7.11 Å². The Morgan fingerprint density at radius 1 is 1.05 bits per heavy atom. The van der Waals surface area contributed by atoms with Crippen molar-refractivity contribution in [1.82, 2.24) is 9.80 Å². The molecule has 0 saturated carbocycles. The van der Waals surface area contributed by atoms with E-state index in [0.717, 1.165) is 32.5 Å². The molecule has 2 aliphatic heterocycles. The van der Waals surface area contributed by atoms with Gasteiger partial charge in [0.25, 0.3) is 11.7 Å². The lowest BCUT2D eigenvalue weighted by Gasteiger charge is -2.29. The standard InChI is InChI=1S/C32H40N2O7/c1-4-6-19-40-25-11-8-23(9-12-25)30(35)28-29(24-10-13-26(41-18-5-2)27(22-24)38-3)34(32(37)31(28)36)15-7-14-33-16-20-39-21-17-33/h5,8-13,22,29,35H,2,4,6-7,14-21H2,1,3H3. The van der Waals surface area contributed by atoms with Crippen LogP contribution in [-0.2, 0) is 14.3 Å². The molecule has 0 bridgehead atoms. The number of ketones is 1. The monoisotopic (exact) mass is 564 g/mol. The molecule has 9 nitrogen and oxygen atoms in total. The van der Waals surface area contributed by atoms with Crippen molar-refractivity contribution in [3.8, 4) is 17.2 Å². The van der Waals surface area contributed by atoms with E-state index in [2.05, 4.69) is 18.4 Å². The summed E-state index contributed by atoms with van der Waals surface area (Å²) in [6, 6.07) is 11.4. The lowest BCUT2D eigenvalue weighted by Crippen LogP contribution is -2.39. The van der Waals surface area contributed by atoms with E-state index in [9.17, 15) is 14.7 Å². The predicted molar refractivity (Wildman–Crippen MR) is 156 cm³/mol. The van der Waals surface area contributed by atoms with Crippen LogP contribution in [0.5, 0.6) is 17.2 Å². The van der Waals surface area contributed by atoms with Gasteiger partial charge in [-0.3, -0.25) is 14.5 Å². The topological polar surface area (TPSA) is 97.8 Å². The van der Waals surface area contributed by atoms with E-state index in [1.807, 2.05) is 0 Å². The molecule has 2 aromatic rings. The van der Waals surface area contributed by atoms with E-state index in [4.69, 9.17) is 18.9 Å². The smallest absolute Gasteiger partial charge is 0.295 e. The number of morpholine rings is 1. The Morgan fingerprint density at radius 3 is 2.49 bits per heavy atom. The highest BCUT2D eigenvalue weighted by molar-refractivity contribution is 6.46. The summed E-state index contributed by atoms with van der Waals surface area (Å²) in [5.74, 6) is 0.0676. The number of rotatable bonds is 14. The zero-order valence-electron chi connectivity index (χ0n) is 24.0. The Kier molecular flexibility index (Phi) is 10.8. The van der Waals surface area contributed by atoms with Crippen LogP contribution in [0.15, 0.2) is 60.7 Å². The first-order valence-corrected chi connectivity index (χ1v) is 14.2. The normalized spacial score (nSPS) is 18.9. The van der Waals surface area contributed by atoms with Crippen LogP contribution in [0.2, 0.25) is 0 Å². The quantitative estimate of drug-likeness (QED) is 0.117. The molecule has 0 spiro atoms. The van der Waals surface area contributed by atoms with Gasteiger partial charge in [0.1, 0.15) is 18.1 Å². The molecule has 0 aliphatic carbocycles. The number of unbranched alkanes of at least 4 members (excludes halogenated alkanes) is 1. The predicted octanol–water partition coefficient (Wildman–Crippen LogP) is 4.58. The average molecular weight is 565 g/mol. The van der Waals surface area contributed by atoms with E-state index in [0.29, 0.717) is 67.8 Å². The third-order valence-corrected chi connectivity index (χ3v) is 7.27. The van der Waals surface area contributed by atoms with E-state index >= 15 is 0 Å². The van der Waals surface area contributed by atoms with Crippen molar-refractivity contribution in [2.45, 2.75) is 32.2 Å². The maximum atomic E-state index is 13.5. The van der Waals surface area contributed by atoms with Crippen LogP contribution in [-0.4, -0.2) is 86.3 Å². The van der Waals surface area contributed by atoms with Crippen LogP contribution in [0, 0.1) is 0 Å². The van der Waals surface area contributed by atoms with Crippen molar-refractivity contribution in [2.75, 3.05) is 59.7 Å². The SMILES string of the molecule is C=CCOc1ccc(C2C(=C(O)c3ccc(OCCCC)cc3)C(=O)C(=O)N2CCCN2CCOCC2)cc1OC. The number of benzene rings is 2. The van der Waals surface area contributed by atoms with Crippen LogP contribution in [0.4, 0.5) is 0 Å². The summed E-state index contributed by atoms with van der Waals surface area (Å²) in [5.41, 5.74) is 1.12. The number of methoxy groups -OCH3 is 1. The second kappa shape index (κ2) is 14.7. The van der Waals surface area contributed by atoms with Gasteiger partial charge in [0.05, 0.1) is 38.5 Å². The third-order valence-electron chi connectivity index (χ3n) is 7.27. The molecule has 9 heteroatoms. The van der Waals surface area contributed by atoms with Crippen molar-refractivity contribution < 1.29 is 33.6 Å². The van der Waals surface area contributed by atoms with Crippen molar-refractivity contribution in [3.05, 3.63) is 71.8 Å². The molecule has 2 aromatic carbocycles. The number of likely N-dealkylation sites (tertiary alicyclic amines) is 1. The number of amides is 1. The number of carbonyl (C=O) groups excluding carboxylic acids is 2. The summed E-state index contributed by atoms with van der Waals surface area (Å²) in [6.45, 7) is 10.9. The minimum atomic E-state index is -0.789. The fourth-order valence-corrected chi connectivity index (χ4v) is 5.07. The molecule has 0 radical (unpaired) electrons. The molecule has 1 amide bonds. The number of hydrogen-bond acceptors (Lipinski definition) is 8. The Hall–Kier alpha value is -3.82. The summed E-state index contributed by atoms with van der Waals surface area (Å²) in [5, 5.41) is 11.4. The summed E-state index contributed by atoms with van der Waals surface area (Å²) in [6.07, 6.45) is 4.27. The highest BCUT2D eigenvalue weighted by Gasteiger charge is 2.46. The molecule has 0 aromatic heterocycles. The Morgan fingerprint density at radius 2 is 1.80 bits per heavy atom. The maximum absolute atomic E-state index is 13.5. The third kappa shape index (κ3) is 7.28. The van der Waals surface area contributed by atoms with Crippen LogP contribution in [0.3, 0.4) is 0 Å². The van der Waals surface area contributed by atoms with Gasteiger partial charge in [0.15, 0.2) is 11.5 Å². The molecule has 2 aliphatic rings. The Bertz CT molecular complexity index is 1240. The molecular formula is C32H40N2O7. The van der Waals surface area contributed by atoms with Gasteiger partial charge in [-0.15, -0.1) is 0 Å². The van der Waals surface area contributed by atoms with Gasteiger partial charge in [-0.25, -0.2) is 0 Å². The fourth-order valence-electron chi connectivity index (χ4n) is 5.07. The molecule has 220 valence electrons. The van der Waals surface area contributed by atoms with Crippen molar-refractivity contribution >= 4 is 17.4 Å². The second-order valence-corrected chi connectivity index (χ2v) is 10.0. The molecule has 1 atom stereocenters. The number of nitrogens with zero attached hydrogens (tertiary/aromatic N) is 2. The van der Waals surface area contributed by atoms with Gasteiger partial charge in [-0.05, 0) is 54.8 Å². The van der Waals surface area contributed by atoms with E-state index in [-0.39, 0.29) is 11.3 Å². The minimum Gasteiger partial charge on any atom is -0.507 e. The molecule has 2 fully saturated rings. The van der Waals surface area contributed by atoms with Crippen molar-refractivity contribution in [3.63, 3.8) is 0 Å². The maximum Gasteiger partial charge on any atom is 0.295 e. The van der Waals surface area contributed by atoms with E-state index in [1.54, 1.807) is 53.4 Å². The van der Waals surface area contributed by atoms with Gasteiger partial charge >= 0.3 is 0 Å². The molecule has 2 heterocycles. The molecule has 1 unspecified atom stereocenters. The zero-order chi connectivity index (χ0) is 29.2. The average Bonchev–Trinajstić information content (AvgIpc) is 3.25. The van der Waals surface area contributed by atoms with Crippen molar-refractivity contribution in [1.29, 1.82) is 0 Å². The number of carbonyl (C=O) groups is 2. The van der Waals surface area contributed by atoms with Gasteiger partial charge in [-0.1, -0.05) is 32.1 Å². The number of aliphatic hydroxyl groups is 1. The van der Waals surface area contributed by atoms with E-state index < -0.39 is 17.7 Å². The lowest BCUT2D eigenvalue weighted by atomic mass is 9.95. The highest BCUT2D eigenvalue weighted by atomic mass is 16.5.